The van der Waals surface area contributed by atoms with Crippen molar-refractivity contribution in [1.82, 2.24) is 10.2 Å². The van der Waals surface area contributed by atoms with E-state index in [-0.39, 0.29) is 0 Å². The average Bonchev–Trinajstić information content (AvgIpc) is 2.39. The van der Waals surface area contributed by atoms with E-state index < -0.39 is 0 Å². The van der Waals surface area contributed by atoms with Crippen molar-refractivity contribution in [3.63, 3.8) is 0 Å². The van der Waals surface area contributed by atoms with E-state index >= 15 is 0 Å². The maximum atomic E-state index is 9.25. The van der Waals surface area contributed by atoms with E-state index in [0.29, 0.717) is 24.7 Å². The number of rotatable bonds is 7. The van der Waals surface area contributed by atoms with Crippen LogP contribution in [0.2, 0.25) is 0 Å². The van der Waals surface area contributed by atoms with Gasteiger partial charge in [-0.25, -0.2) is 0 Å². The summed E-state index contributed by atoms with van der Waals surface area (Å²) in [5.41, 5.74) is 0. The predicted molar refractivity (Wildman–Crippen MR) is 73.3 cm³/mol. The van der Waals surface area contributed by atoms with E-state index in [1.165, 1.54) is 38.5 Å². The summed E-state index contributed by atoms with van der Waals surface area (Å²) in [6.45, 7) is 5.67. The topological polar surface area (TPSA) is 35.5 Å². The number of hydrogen-bond donors (Lipinski definition) is 2. The van der Waals surface area contributed by atoms with Gasteiger partial charge in [-0.05, 0) is 45.6 Å². The normalized spacial score (nSPS) is 25.8. The Bertz CT molecular complexity index is 187. The van der Waals surface area contributed by atoms with Gasteiger partial charge >= 0.3 is 0 Å². The van der Waals surface area contributed by atoms with E-state index in [4.69, 9.17) is 0 Å². The molecule has 1 rings (SSSR count). The molecule has 1 aliphatic rings. The van der Waals surface area contributed by atoms with Gasteiger partial charge in [-0.2, -0.15) is 0 Å². The van der Waals surface area contributed by atoms with E-state index in [1.807, 2.05) is 0 Å². The quantitative estimate of drug-likeness (QED) is 0.717. The minimum absolute atomic E-state index is 0.294. The fraction of sp³-hybridized carbons (Fsp3) is 1.00. The summed E-state index contributed by atoms with van der Waals surface area (Å²) in [6, 6.07) is 2.05. The third-order valence-electron chi connectivity index (χ3n) is 4.34. The van der Waals surface area contributed by atoms with Crippen molar-refractivity contribution >= 4 is 0 Å². The van der Waals surface area contributed by atoms with Gasteiger partial charge < -0.3 is 10.4 Å². The van der Waals surface area contributed by atoms with Crippen LogP contribution in [0.1, 0.15) is 52.4 Å². The Morgan fingerprint density at radius 2 is 1.76 bits per heavy atom. The second-order valence-corrected chi connectivity index (χ2v) is 5.23. The molecule has 0 atom stereocenters. The summed E-state index contributed by atoms with van der Waals surface area (Å²) in [5.74, 6) is 0. The zero-order chi connectivity index (χ0) is 12.7. The van der Waals surface area contributed by atoms with Crippen molar-refractivity contribution in [3.8, 4) is 0 Å². The second kappa shape index (κ2) is 8.06. The van der Waals surface area contributed by atoms with E-state index in [2.05, 4.69) is 31.1 Å². The number of nitrogens with zero attached hydrogens (tertiary/aromatic N) is 1. The average molecular weight is 242 g/mol. The van der Waals surface area contributed by atoms with Gasteiger partial charge in [0.1, 0.15) is 0 Å². The van der Waals surface area contributed by atoms with Crippen molar-refractivity contribution in [3.05, 3.63) is 0 Å². The van der Waals surface area contributed by atoms with E-state index in [1.54, 1.807) is 0 Å². The molecule has 0 saturated heterocycles. The molecule has 0 aliphatic heterocycles. The van der Waals surface area contributed by atoms with Gasteiger partial charge in [0.15, 0.2) is 0 Å². The molecule has 1 saturated carbocycles. The Balaban J connectivity index is 2.52. The SMILES string of the molecule is CCC(CC)N(CCO)C1CCC(NC)CC1. The van der Waals surface area contributed by atoms with Gasteiger partial charge in [-0.1, -0.05) is 13.8 Å². The second-order valence-electron chi connectivity index (χ2n) is 5.23. The van der Waals surface area contributed by atoms with Crippen LogP contribution < -0.4 is 5.32 Å². The molecule has 0 aromatic rings. The molecule has 1 fully saturated rings. The Hall–Kier alpha value is -0.120. The van der Waals surface area contributed by atoms with Crippen molar-refractivity contribution in [2.75, 3.05) is 20.2 Å². The summed E-state index contributed by atoms with van der Waals surface area (Å²) in [5, 5.41) is 12.6. The highest BCUT2D eigenvalue weighted by molar-refractivity contribution is 4.85. The lowest BCUT2D eigenvalue weighted by Gasteiger charge is -2.41. The molecule has 3 heteroatoms. The Morgan fingerprint density at radius 3 is 2.18 bits per heavy atom. The van der Waals surface area contributed by atoms with Gasteiger partial charge in [0.05, 0.1) is 6.61 Å². The smallest absolute Gasteiger partial charge is 0.0558 e. The van der Waals surface area contributed by atoms with Gasteiger partial charge in [0, 0.05) is 24.7 Å². The maximum absolute atomic E-state index is 9.25. The van der Waals surface area contributed by atoms with Gasteiger partial charge in [0.25, 0.3) is 0 Å². The zero-order valence-electron chi connectivity index (χ0n) is 11.8. The zero-order valence-corrected chi connectivity index (χ0v) is 11.8. The van der Waals surface area contributed by atoms with Gasteiger partial charge in [-0.3, -0.25) is 4.90 Å². The molecule has 0 amide bonds. The third-order valence-corrected chi connectivity index (χ3v) is 4.34. The van der Waals surface area contributed by atoms with Crippen LogP contribution in [-0.2, 0) is 0 Å². The molecule has 3 nitrogen and oxygen atoms in total. The lowest BCUT2D eigenvalue weighted by atomic mass is 9.89. The van der Waals surface area contributed by atoms with Crippen molar-refractivity contribution < 1.29 is 5.11 Å². The highest BCUT2D eigenvalue weighted by Crippen LogP contribution is 2.26. The minimum Gasteiger partial charge on any atom is -0.395 e. The van der Waals surface area contributed by atoms with Crippen molar-refractivity contribution in [1.29, 1.82) is 0 Å². The summed E-state index contributed by atoms with van der Waals surface area (Å²) >= 11 is 0. The van der Waals surface area contributed by atoms with Crippen LogP contribution in [0.25, 0.3) is 0 Å². The van der Waals surface area contributed by atoms with Gasteiger partial charge in [-0.15, -0.1) is 0 Å². The maximum Gasteiger partial charge on any atom is 0.0558 e. The van der Waals surface area contributed by atoms with Crippen LogP contribution in [0, 0.1) is 0 Å². The number of aliphatic hydroxyl groups is 1. The van der Waals surface area contributed by atoms with Crippen molar-refractivity contribution in [2.45, 2.75) is 70.5 Å². The molecule has 0 bridgehead atoms. The molecule has 0 spiro atoms. The highest BCUT2D eigenvalue weighted by atomic mass is 16.3. The molecule has 0 radical (unpaired) electrons. The number of hydrogen-bond acceptors (Lipinski definition) is 3. The summed E-state index contributed by atoms with van der Waals surface area (Å²) < 4.78 is 0. The van der Waals surface area contributed by atoms with Crippen LogP contribution in [0.4, 0.5) is 0 Å². The first-order valence-corrected chi connectivity index (χ1v) is 7.30. The Morgan fingerprint density at radius 1 is 1.18 bits per heavy atom. The van der Waals surface area contributed by atoms with E-state index in [0.717, 1.165) is 6.54 Å². The summed E-state index contributed by atoms with van der Waals surface area (Å²) in [4.78, 5) is 2.56. The molecular weight excluding hydrogens is 212 g/mol. The molecule has 2 N–H and O–H groups in total. The first-order valence-electron chi connectivity index (χ1n) is 7.30. The monoisotopic (exact) mass is 242 g/mol. The molecule has 17 heavy (non-hydrogen) atoms. The molecule has 102 valence electrons. The van der Waals surface area contributed by atoms with Crippen LogP contribution in [0.5, 0.6) is 0 Å². The van der Waals surface area contributed by atoms with Gasteiger partial charge in [0.2, 0.25) is 0 Å². The predicted octanol–water partition coefficient (Wildman–Crippen LogP) is 2.00. The lowest BCUT2D eigenvalue weighted by molar-refractivity contribution is 0.0710. The summed E-state index contributed by atoms with van der Waals surface area (Å²) in [7, 11) is 2.07. The summed E-state index contributed by atoms with van der Waals surface area (Å²) in [6.07, 6.45) is 7.52. The largest absolute Gasteiger partial charge is 0.395 e. The molecule has 0 aromatic heterocycles. The minimum atomic E-state index is 0.294. The fourth-order valence-corrected chi connectivity index (χ4v) is 3.23. The first-order chi connectivity index (χ1) is 8.26. The first kappa shape index (κ1) is 14.9. The Kier molecular flexibility index (Phi) is 7.09. The van der Waals surface area contributed by atoms with Crippen LogP contribution in [-0.4, -0.2) is 48.3 Å². The van der Waals surface area contributed by atoms with Crippen LogP contribution in [0.3, 0.4) is 0 Å². The molecule has 0 heterocycles. The third kappa shape index (κ3) is 4.23. The molecule has 1 aliphatic carbocycles. The molecular formula is C14H30N2O. The number of aliphatic hydroxyl groups excluding tert-OH is 1. The number of nitrogens with one attached hydrogen (secondary N) is 1. The lowest BCUT2D eigenvalue weighted by Crippen LogP contribution is -2.47. The van der Waals surface area contributed by atoms with Crippen LogP contribution in [0.15, 0.2) is 0 Å². The Labute approximate surface area is 107 Å². The van der Waals surface area contributed by atoms with Crippen LogP contribution >= 0.6 is 0 Å². The van der Waals surface area contributed by atoms with E-state index in [9.17, 15) is 5.11 Å². The highest BCUT2D eigenvalue weighted by Gasteiger charge is 2.28. The standard InChI is InChI=1S/C14H30N2O/c1-4-13(5-2)16(10-11-17)14-8-6-12(15-3)7-9-14/h12-15,17H,4-11H2,1-3H3. The van der Waals surface area contributed by atoms with Crippen molar-refractivity contribution in [2.24, 2.45) is 0 Å². The molecule has 0 aromatic carbocycles. The fourth-order valence-electron chi connectivity index (χ4n) is 3.23. The molecule has 0 unspecified atom stereocenters.